The van der Waals surface area contributed by atoms with Crippen LogP contribution in [-0.4, -0.2) is 58.5 Å². The second-order valence-corrected chi connectivity index (χ2v) is 7.95. The van der Waals surface area contributed by atoms with Crippen molar-refractivity contribution < 1.29 is 24.2 Å². The Balaban J connectivity index is 1.79. The molecule has 1 aliphatic rings. The molecule has 2 amide bonds. The van der Waals surface area contributed by atoms with Crippen molar-refractivity contribution in [3.05, 3.63) is 71.8 Å². The molecule has 1 fully saturated rings. The molecule has 0 radical (unpaired) electrons. The number of ketones is 1. The summed E-state index contributed by atoms with van der Waals surface area (Å²) in [5, 5.41) is 10.2. The molecule has 32 heavy (non-hydrogen) atoms. The average molecular weight is 439 g/mol. The highest BCUT2D eigenvalue weighted by molar-refractivity contribution is 5.92. The Kier molecular flexibility index (Phi) is 8.39. The number of methoxy groups -OCH3 is 1. The molecule has 2 atom stereocenters. The van der Waals surface area contributed by atoms with Crippen molar-refractivity contribution in [3.63, 3.8) is 0 Å². The molecule has 7 nitrogen and oxygen atoms in total. The van der Waals surface area contributed by atoms with Gasteiger partial charge in [0.1, 0.15) is 6.04 Å². The van der Waals surface area contributed by atoms with Crippen LogP contribution in [0.2, 0.25) is 0 Å². The minimum Gasteiger partial charge on any atom is -0.469 e. The van der Waals surface area contributed by atoms with Crippen molar-refractivity contribution in [2.24, 2.45) is 0 Å². The molecule has 0 spiro atoms. The van der Waals surface area contributed by atoms with Crippen LogP contribution in [0.1, 0.15) is 36.8 Å². The topological polar surface area (TPSA) is 87.1 Å². The van der Waals surface area contributed by atoms with E-state index in [1.807, 2.05) is 60.7 Å². The van der Waals surface area contributed by atoms with Crippen molar-refractivity contribution in [1.82, 2.24) is 9.80 Å². The van der Waals surface area contributed by atoms with Gasteiger partial charge in [0.15, 0.2) is 5.78 Å². The number of Topliss-reactive ketones (excluding diaryl/α,β-unsaturated/α-hetero) is 1. The van der Waals surface area contributed by atoms with E-state index in [0.717, 1.165) is 11.1 Å². The van der Waals surface area contributed by atoms with Crippen molar-refractivity contribution in [3.8, 4) is 0 Å². The third-order valence-corrected chi connectivity index (χ3v) is 5.78. The van der Waals surface area contributed by atoms with Crippen LogP contribution in [0.4, 0.5) is 4.79 Å². The van der Waals surface area contributed by atoms with Crippen molar-refractivity contribution in [2.45, 2.75) is 50.9 Å². The van der Waals surface area contributed by atoms with Gasteiger partial charge in [0.2, 0.25) is 0 Å². The van der Waals surface area contributed by atoms with Crippen molar-refractivity contribution in [1.29, 1.82) is 0 Å². The van der Waals surface area contributed by atoms with E-state index in [4.69, 9.17) is 0 Å². The van der Waals surface area contributed by atoms with Crippen LogP contribution in [0.25, 0.3) is 0 Å². The van der Waals surface area contributed by atoms with Gasteiger partial charge in [0.25, 0.3) is 0 Å². The number of aliphatic hydroxyl groups excluding tert-OH is 1. The van der Waals surface area contributed by atoms with Gasteiger partial charge in [0.05, 0.1) is 19.8 Å². The zero-order valence-electron chi connectivity index (χ0n) is 18.4. The van der Waals surface area contributed by atoms with Gasteiger partial charge in [-0.25, -0.2) is 4.79 Å². The highest BCUT2D eigenvalue weighted by atomic mass is 16.5. The van der Waals surface area contributed by atoms with E-state index >= 15 is 0 Å². The Morgan fingerprint density at radius 2 is 1.41 bits per heavy atom. The van der Waals surface area contributed by atoms with Gasteiger partial charge < -0.3 is 19.6 Å². The maximum absolute atomic E-state index is 13.4. The molecule has 3 rings (SSSR count). The average Bonchev–Trinajstić information content (AvgIpc) is 3.08. The number of hydrogen-bond acceptors (Lipinski definition) is 5. The Hall–Kier alpha value is -3.19. The molecule has 1 N–H and O–H groups in total. The number of ether oxygens (including phenoxy) is 1. The molecule has 0 bridgehead atoms. The molecule has 7 heteroatoms. The minimum absolute atomic E-state index is 0.103. The van der Waals surface area contributed by atoms with Crippen LogP contribution in [0.15, 0.2) is 60.7 Å². The number of amides is 2. The van der Waals surface area contributed by atoms with Crippen LogP contribution in [0.5, 0.6) is 0 Å². The molecule has 1 aliphatic heterocycles. The fraction of sp³-hybridized carbons (Fsp3) is 0.400. The van der Waals surface area contributed by atoms with Gasteiger partial charge in [-0.1, -0.05) is 60.7 Å². The van der Waals surface area contributed by atoms with Gasteiger partial charge in [-0.15, -0.1) is 0 Å². The standard InChI is InChI=1S/C25H30N2O5/c1-32-23(30)15-9-8-14-22(29)24-21(18-28)26(16-19-10-4-2-5-11-19)25(31)27(24)17-20-12-6-3-7-13-20/h2-7,10-13,21,24,28H,8-9,14-18H2,1H3/t21-,24+/m0/s1. The summed E-state index contributed by atoms with van der Waals surface area (Å²) >= 11 is 0. The second-order valence-electron chi connectivity index (χ2n) is 7.95. The Bertz CT molecular complexity index is 903. The zero-order chi connectivity index (χ0) is 22.9. The number of rotatable bonds is 11. The molecular weight excluding hydrogens is 408 g/mol. The molecular formula is C25H30N2O5. The number of urea groups is 1. The highest BCUT2D eigenvalue weighted by Gasteiger charge is 2.48. The number of carbonyl (C=O) groups excluding carboxylic acids is 3. The van der Waals surface area contributed by atoms with Gasteiger partial charge >= 0.3 is 12.0 Å². The number of benzene rings is 2. The van der Waals surface area contributed by atoms with E-state index in [2.05, 4.69) is 4.74 Å². The molecule has 1 heterocycles. The number of unbranched alkanes of at least 4 members (excludes halogenated alkanes) is 1. The van der Waals surface area contributed by atoms with Gasteiger partial charge in [-0.05, 0) is 24.0 Å². The van der Waals surface area contributed by atoms with Crippen molar-refractivity contribution in [2.75, 3.05) is 13.7 Å². The summed E-state index contributed by atoms with van der Waals surface area (Å²) in [6.07, 6.45) is 1.55. The van der Waals surface area contributed by atoms with Crippen LogP contribution >= 0.6 is 0 Å². The summed E-state index contributed by atoms with van der Waals surface area (Å²) in [4.78, 5) is 41.1. The molecule has 170 valence electrons. The van der Waals surface area contributed by atoms with Crippen LogP contribution < -0.4 is 0 Å². The first-order chi connectivity index (χ1) is 15.5. The zero-order valence-corrected chi connectivity index (χ0v) is 18.4. The normalized spacial score (nSPS) is 18.1. The molecule has 0 aliphatic carbocycles. The van der Waals surface area contributed by atoms with E-state index in [-0.39, 0.29) is 37.2 Å². The van der Waals surface area contributed by atoms with Crippen molar-refractivity contribution >= 4 is 17.8 Å². The molecule has 2 aromatic carbocycles. The van der Waals surface area contributed by atoms with E-state index in [1.165, 1.54) is 7.11 Å². The maximum atomic E-state index is 13.4. The SMILES string of the molecule is COC(=O)CCCCC(=O)[C@H]1[C@H](CO)N(Cc2ccccc2)C(=O)N1Cc1ccccc1. The van der Waals surface area contributed by atoms with E-state index < -0.39 is 12.1 Å². The van der Waals surface area contributed by atoms with Crippen LogP contribution in [0, 0.1) is 0 Å². The lowest BCUT2D eigenvalue weighted by Crippen LogP contribution is -2.45. The predicted molar refractivity (Wildman–Crippen MR) is 120 cm³/mol. The number of esters is 1. The quantitative estimate of drug-likeness (QED) is 0.430. The summed E-state index contributed by atoms with van der Waals surface area (Å²) < 4.78 is 4.64. The summed E-state index contributed by atoms with van der Waals surface area (Å²) in [5.41, 5.74) is 1.85. The smallest absolute Gasteiger partial charge is 0.321 e. The summed E-state index contributed by atoms with van der Waals surface area (Å²) in [7, 11) is 1.34. The molecule has 0 aromatic heterocycles. The van der Waals surface area contributed by atoms with Gasteiger partial charge in [-0.3, -0.25) is 9.59 Å². The number of carbonyl (C=O) groups is 3. The predicted octanol–water partition coefficient (Wildman–Crippen LogP) is 3.16. The first-order valence-corrected chi connectivity index (χ1v) is 10.9. The number of hydrogen-bond donors (Lipinski definition) is 1. The molecule has 2 aromatic rings. The third-order valence-electron chi connectivity index (χ3n) is 5.78. The fourth-order valence-electron chi connectivity index (χ4n) is 4.12. The molecule has 1 saturated heterocycles. The van der Waals surface area contributed by atoms with E-state index in [0.29, 0.717) is 25.9 Å². The van der Waals surface area contributed by atoms with Gasteiger partial charge in [-0.2, -0.15) is 0 Å². The molecule has 0 unspecified atom stereocenters. The summed E-state index contributed by atoms with van der Waals surface area (Å²) in [5.74, 6) is -0.407. The second kappa shape index (κ2) is 11.4. The fourth-order valence-corrected chi connectivity index (χ4v) is 4.12. The minimum atomic E-state index is -0.741. The lowest BCUT2D eigenvalue weighted by atomic mass is 9.98. The molecule has 0 saturated carbocycles. The van der Waals surface area contributed by atoms with Gasteiger partial charge in [0, 0.05) is 25.9 Å². The monoisotopic (exact) mass is 438 g/mol. The highest BCUT2D eigenvalue weighted by Crippen LogP contribution is 2.29. The Morgan fingerprint density at radius 1 is 0.875 bits per heavy atom. The first kappa shape index (κ1) is 23.5. The van der Waals surface area contributed by atoms with E-state index in [1.54, 1.807) is 9.80 Å². The number of aliphatic hydroxyl groups is 1. The Morgan fingerprint density at radius 3 is 1.94 bits per heavy atom. The Labute approximate surface area is 188 Å². The summed E-state index contributed by atoms with van der Waals surface area (Å²) in [6, 6.07) is 17.4. The third kappa shape index (κ3) is 5.73. The first-order valence-electron chi connectivity index (χ1n) is 10.9. The lowest BCUT2D eigenvalue weighted by Gasteiger charge is -2.25. The maximum Gasteiger partial charge on any atom is 0.321 e. The largest absolute Gasteiger partial charge is 0.469 e. The van der Waals surface area contributed by atoms with Crippen LogP contribution in [-0.2, 0) is 27.4 Å². The lowest BCUT2D eigenvalue weighted by molar-refractivity contribution is -0.140. The van der Waals surface area contributed by atoms with Crippen LogP contribution in [0.3, 0.4) is 0 Å². The number of nitrogens with zero attached hydrogens (tertiary/aromatic N) is 2. The van der Waals surface area contributed by atoms with E-state index in [9.17, 15) is 19.5 Å². The summed E-state index contributed by atoms with van der Waals surface area (Å²) in [6.45, 7) is 0.310.